The fourth-order valence-corrected chi connectivity index (χ4v) is 3.33. The summed E-state index contributed by atoms with van der Waals surface area (Å²) >= 11 is 0. The van der Waals surface area contributed by atoms with E-state index >= 15 is 0 Å². The van der Waals surface area contributed by atoms with E-state index in [0.717, 1.165) is 28.6 Å². The van der Waals surface area contributed by atoms with Crippen LogP contribution in [-0.2, 0) is 6.42 Å². The number of aryl methyl sites for hydroxylation is 1. The molecule has 0 unspecified atom stereocenters. The molecule has 4 rings (SSSR count). The number of aromatic nitrogens is 3. The first-order valence-electron chi connectivity index (χ1n) is 8.75. The first-order chi connectivity index (χ1) is 13.1. The molecule has 4 aromatic rings. The van der Waals surface area contributed by atoms with Crippen molar-refractivity contribution in [2.24, 2.45) is 0 Å². The van der Waals surface area contributed by atoms with Crippen LogP contribution in [0.2, 0.25) is 0 Å². The molecule has 0 aliphatic heterocycles. The van der Waals surface area contributed by atoms with Crippen LogP contribution in [0.3, 0.4) is 0 Å². The number of fused-ring (bicyclic) bond motifs is 2. The third-order valence-corrected chi connectivity index (χ3v) is 4.70. The standard InChI is InChI=1S/C21H18N4O2/c1-3-16-12(2)19(14-6-4-5-7-18(14)25-16)21(27)24-13-8-9-17-15(10-13)20(26)23-11-22-17/h4-11H,3H2,1-2H3,(H,24,27)(H,22,23,26). The molecule has 0 saturated heterocycles. The van der Waals surface area contributed by atoms with E-state index in [1.807, 2.05) is 38.1 Å². The van der Waals surface area contributed by atoms with Gasteiger partial charge < -0.3 is 10.3 Å². The van der Waals surface area contributed by atoms with Gasteiger partial charge in [0, 0.05) is 16.8 Å². The summed E-state index contributed by atoms with van der Waals surface area (Å²) in [5.74, 6) is -0.222. The number of amides is 1. The Balaban J connectivity index is 1.81. The molecule has 2 aromatic carbocycles. The predicted octanol–water partition coefficient (Wildman–Crippen LogP) is 3.59. The highest BCUT2D eigenvalue weighted by molar-refractivity contribution is 6.13. The van der Waals surface area contributed by atoms with Crippen LogP contribution in [0.4, 0.5) is 5.69 Å². The molecule has 2 N–H and O–H groups in total. The van der Waals surface area contributed by atoms with E-state index in [1.165, 1.54) is 6.33 Å². The lowest BCUT2D eigenvalue weighted by atomic mass is 9.99. The first-order valence-corrected chi connectivity index (χ1v) is 8.75. The lowest BCUT2D eigenvalue weighted by Crippen LogP contribution is -2.16. The molecular formula is C21H18N4O2. The topological polar surface area (TPSA) is 87.7 Å². The molecular weight excluding hydrogens is 340 g/mol. The molecule has 0 atom stereocenters. The number of anilines is 1. The van der Waals surface area contributed by atoms with Gasteiger partial charge in [0.1, 0.15) is 0 Å². The summed E-state index contributed by atoms with van der Waals surface area (Å²) in [4.78, 5) is 36.4. The van der Waals surface area contributed by atoms with Crippen LogP contribution in [-0.4, -0.2) is 20.9 Å². The number of nitrogens with zero attached hydrogens (tertiary/aromatic N) is 2. The van der Waals surface area contributed by atoms with Crippen molar-refractivity contribution in [3.63, 3.8) is 0 Å². The SMILES string of the molecule is CCc1nc2ccccc2c(C(=O)Nc2ccc3nc[nH]c(=O)c3c2)c1C. The number of para-hydroxylation sites is 1. The van der Waals surface area contributed by atoms with Gasteiger partial charge in [0.05, 0.1) is 28.3 Å². The maximum absolute atomic E-state index is 13.1. The summed E-state index contributed by atoms with van der Waals surface area (Å²) in [6.07, 6.45) is 2.11. The number of carbonyl (C=O) groups excluding carboxylic acids is 1. The summed E-state index contributed by atoms with van der Waals surface area (Å²) in [6.45, 7) is 3.94. The number of carbonyl (C=O) groups is 1. The molecule has 0 fully saturated rings. The molecule has 0 spiro atoms. The molecule has 2 aromatic heterocycles. The molecule has 134 valence electrons. The van der Waals surface area contributed by atoms with Gasteiger partial charge in [-0.1, -0.05) is 25.1 Å². The fraction of sp³-hybridized carbons (Fsp3) is 0.143. The van der Waals surface area contributed by atoms with Gasteiger partial charge in [-0.05, 0) is 43.2 Å². The van der Waals surface area contributed by atoms with Crippen LogP contribution in [0.1, 0.15) is 28.5 Å². The average molecular weight is 358 g/mol. The van der Waals surface area contributed by atoms with Crippen LogP contribution in [0.15, 0.2) is 53.6 Å². The maximum Gasteiger partial charge on any atom is 0.258 e. The fourth-order valence-electron chi connectivity index (χ4n) is 3.33. The van der Waals surface area contributed by atoms with E-state index in [1.54, 1.807) is 18.2 Å². The molecule has 0 aliphatic carbocycles. The number of hydrogen-bond acceptors (Lipinski definition) is 4. The smallest absolute Gasteiger partial charge is 0.258 e. The van der Waals surface area contributed by atoms with E-state index in [0.29, 0.717) is 22.2 Å². The number of aromatic amines is 1. The van der Waals surface area contributed by atoms with E-state index in [9.17, 15) is 9.59 Å². The van der Waals surface area contributed by atoms with E-state index in [4.69, 9.17) is 0 Å². The number of benzene rings is 2. The molecule has 6 heteroatoms. The third kappa shape index (κ3) is 2.95. The Morgan fingerprint density at radius 2 is 1.93 bits per heavy atom. The van der Waals surface area contributed by atoms with Gasteiger partial charge in [0.2, 0.25) is 0 Å². The quantitative estimate of drug-likeness (QED) is 0.586. The van der Waals surface area contributed by atoms with Crippen molar-refractivity contribution in [1.82, 2.24) is 15.0 Å². The van der Waals surface area contributed by atoms with Crippen molar-refractivity contribution >= 4 is 33.4 Å². The van der Waals surface area contributed by atoms with Gasteiger partial charge in [0.15, 0.2) is 0 Å². The minimum Gasteiger partial charge on any atom is -0.322 e. The van der Waals surface area contributed by atoms with Crippen LogP contribution in [0.5, 0.6) is 0 Å². The molecule has 0 radical (unpaired) electrons. The monoisotopic (exact) mass is 358 g/mol. The summed E-state index contributed by atoms with van der Waals surface area (Å²) in [6, 6.07) is 12.7. The Morgan fingerprint density at radius 3 is 2.74 bits per heavy atom. The van der Waals surface area contributed by atoms with E-state index in [-0.39, 0.29) is 11.5 Å². The summed E-state index contributed by atoms with van der Waals surface area (Å²) in [7, 11) is 0. The molecule has 0 aliphatic rings. The number of H-pyrrole nitrogens is 1. The minimum atomic E-state index is -0.241. The van der Waals surface area contributed by atoms with Gasteiger partial charge in [0.25, 0.3) is 11.5 Å². The summed E-state index contributed by atoms with van der Waals surface area (Å²) in [5, 5.41) is 4.16. The number of hydrogen-bond donors (Lipinski definition) is 2. The number of pyridine rings is 1. The van der Waals surface area contributed by atoms with Crippen LogP contribution < -0.4 is 10.9 Å². The van der Waals surface area contributed by atoms with Crippen molar-refractivity contribution in [1.29, 1.82) is 0 Å². The lowest BCUT2D eigenvalue weighted by Gasteiger charge is -2.14. The van der Waals surface area contributed by atoms with Crippen LogP contribution in [0.25, 0.3) is 21.8 Å². The Bertz CT molecular complexity index is 1240. The third-order valence-electron chi connectivity index (χ3n) is 4.70. The highest BCUT2D eigenvalue weighted by atomic mass is 16.1. The minimum absolute atomic E-state index is 0.222. The molecule has 2 heterocycles. The Labute approximate surface area is 155 Å². The second kappa shape index (κ2) is 6.64. The highest BCUT2D eigenvalue weighted by Crippen LogP contribution is 2.25. The van der Waals surface area contributed by atoms with Crippen molar-refractivity contribution in [2.45, 2.75) is 20.3 Å². The average Bonchev–Trinajstić information content (AvgIpc) is 2.68. The van der Waals surface area contributed by atoms with Gasteiger partial charge >= 0.3 is 0 Å². The zero-order chi connectivity index (χ0) is 19.0. The lowest BCUT2D eigenvalue weighted by molar-refractivity contribution is 0.102. The summed E-state index contributed by atoms with van der Waals surface area (Å²) < 4.78 is 0. The second-order valence-corrected chi connectivity index (χ2v) is 6.35. The number of rotatable bonds is 3. The molecule has 6 nitrogen and oxygen atoms in total. The van der Waals surface area contributed by atoms with Gasteiger partial charge in [-0.3, -0.25) is 14.6 Å². The van der Waals surface area contributed by atoms with Gasteiger partial charge in [-0.25, -0.2) is 4.98 Å². The second-order valence-electron chi connectivity index (χ2n) is 6.35. The van der Waals surface area contributed by atoms with Gasteiger partial charge in [-0.2, -0.15) is 0 Å². The van der Waals surface area contributed by atoms with Crippen molar-refractivity contribution in [3.8, 4) is 0 Å². The van der Waals surface area contributed by atoms with Crippen LogP contribution in [0, 0.1) is 6.92 Å². The molecule has 1 amide bonds. The van der Waals surface area contributed by atoms with Crippen molar-refractivity contribution in [3.05, 3.63) is 76.0 Å². The Morgan fingerprint density at radius 1 is 1.11 bits per heavy atom. The van der Waals surface area contributed by atoms with Gasteiger partial charge in [-0.15, -0.1) is 0 Å². The largest absolute Gasteiger partial charge is 0.322 e. The number of nitrogens with one attached hydrogen (secondary N) is 2. The summed E-state index contributed by atoms with van der Waals surface area (Å²) in [5.41, 5.74) is 4.06. The van der Waals surface area contributed by atoms with Crippen molar-refractivity contribution < 1.29 is 4.79 Å². The highest BCUT2D eigenvalue weighted by Gasteiger charge is 2.17. The maximum atomic E-state index is 13.1. The zero-order valence-corrected chi connectivity index (χ0v) is 15.0. The molecule has 27 heavy (non-hydrogen) atoms. The zero-order valence-electron chi connectivity index (χ0n) is 15.0. The van der Waals surface area contributed by atoms with E-state index in [2.05, 4.69) is 20.3 Å². The Hall–Kier alpha value is -3.54. The normalized spacial score (nSPS) is 11.0. The molecule has 0 bridgehead atoms. The van der Waals surface area contributed by atoms with E-state index < -0.39 is 0 Å². The van der Waals surface area contributed by atoms with Crippen LogP contribution >= 0.6 is 0 Å². The Kier molecular flexibility index (Phi) is 4.16. The first kappa shape index (κ1) is 16.9. The van der Waals surface area contributed by atoms with Crippen molar-refractivity contribution in [2.75, 3.05) is 5.32 Å². The predicted molar refractivity (Wildman–Crippen MR) is 106 cm³/mol. The molecule has 0 saturated carbocycles.